The van der Waals surface area contributed by atoms with Crippen molar-refractivity contribution in [1.29, 1.82) is 0 Å². The first-order valence-electron chi connectivity index (χ1n) is 3.42. The van der Waals surface area contributed by atoms with E-state index in [9.17, 15) is 8.42 Å². The van der Waals surface area contributed by atoms with E-state index in [1.807, 2.05) is 0 Å². The highest BCUT2D eigenvalue weighted by Crippen LogP contribution is 2.09. The van der Waals surface area contributed by atoms with Crippen LogP contribution in [0.4, 0.5) is 0 Å². The molecule has 0 aliphatic rings. The SMILES string of the molecule is C=Cc1nnc(S(=O)(=O)C=C)n1C. The van der Waals surface area contributed by atoms with Gasteiger partial charge in [-0.15, -0.1) is 10.2 Å². The lowest BCUT2D eigenvalue weighted by atomic mass is 10.6. The zero-order chi connectivity index (χ0) is 10.1. The van der Waals surface area contributed by atoms with Crippen molar-refractivity contribution in [3.05, 3.63) is 24.4 Å². The molecule has 6 heteroatoms. The van der Waals surface area contributed by atoms with E-state index in [4.69, 9.17) is 0 Å². The van der Waals surface area contributed by atoms with Crippen LogP contribution in [0.5, 0.6) is 0 Å². The van der Waals surface area contributed by atoms with Crippen molar-refractivity contribution >= 4 is 15.9 Å². The molecule has 0 amide bonds. The van der Waals surface area contributed by atoms with Crippen molar-refractivity contribution in [2.75, 3.05) is 0 Å². The topological polar surface area (TPSA) is 64.8 Å². The number of hydrogen-bond acceptors (Lipinski definition) is 4. The van der Waals surface area contributed by atoms with E-state index in [1.54, 1.807) is 7.05 Å². The monoisotopic (exact) mass is 199 g/mol. The van der Waals surface area contributed by atoms with Crippen LogP contribution in [0.1, 0.15) is 5.82 Å². The van der Waals surface area contributed by atoms with Crippen molar-refractivity contribution in [2.24, 2.45) is 7.05 Å². The normalized spacial score (nSPS) is 11.2. The van der Waals surface area contributed by atoms with Crippen molar-refractivity contribution < 1.29 is 8.42 Å². The van der Waals surface area contributed by atoms with Crippen molar-refractivity contribution in [3.8, 4) is 0 Å². The Kier molecular flexibility index (Phi) is 2.33. The summed E-state index contributed by atoms with van der Waals surface area (Å²) in [6.45, 7) is 6.66. The Bertz CT molecular complexity index is 444. The molecular formula is C7H9N3O2S. The van der Waals surface area contributed by atoms with Gasteiger partial charge >= 0.3 is 0 Å². The number of aromatic nitrogens is 3. The summed E-state index contributed by atoms with van der Waals surface area (Å²) in [6, 6.07) is 0. The van der Waals surface area contributed by atoms with Gasteiger partial charge in [0, 0.05) is 12.5 Å². The smallest absolute Gasteiger partial charge is 0.253 e. The molecule has 1 rings (SSSR count). The molecule has 13 heavy (non-hydrogen) atoms. The molecule has 0 aromatic carbocycles. The summed E-state index contributed by atoms with van der Waals surface area (Å²) in [4.78, 5) is 0. The molecular weight excluding hydrogens is 190 g/mol. The third-order valence-corrected chi connectivity index (χ3v) is 2.83. The predicted octanol–water partition coefficient (Wildman–Crippen LogP) is 0.375. The van der Waals surface area contributed by atoms with Crippen LogP contribution in [0.15, 0.2) is 23.7 Å². The lowest BCUT2D eigenvalue weighted by Crippen LogP contribution is -2.05. The lowest BCUT2D eigenvalue weighted by molar-refractivity contribution is 0.587. The number of hydrogen-bond donors (Lipinski definition) is 0. The molecule has 1 aromatic rings. The first-order valence-corrected chi connectivity index (χ1v) is 4.97. The van der Waals surface area contributed by atoms with Crippen molar-refractivity contribution in [3.63, 3.8) is 0 Å². The number of nitrogens with zero attached hydrogens (tertiary/aromatic N) is 3. The number of sulfone groups is 1. The fourth-order valence-corrected chi connectivity index (χ4v) is 1.61. The lowest BCUT2D eigenvalue weighted by Gasteiger charge is -1.97. The van der Waals surface area contributed by atoms with E-state index in [0.717, 1.165) is 5.41 Å². The minimum atomic E-state index is -3.51. The molecule has 0 saturated heterocycles. The first-order chi connectivity index (χ1) is 6.03. The highest BCUT2D eigenvalue weighted by molar-refractivity contribution is 7.94. The Morgan fingerprint density at radius 2 is 2.00 bits per heavy atom. The minimum absolute atomic E-state index is 0.127. The second-order valence-corrected chi connectivity index (χ2v) is 4.10. The average Bonchev–Trinajstić information content (AvgIpc) is 2.47. The Morgan fingerprint density at radius 3 is 2.38 bits per heavy atom. The zero-order valence-electron chi connectivity index (χ0n) is 7.14. The summed E-state index contributed by atoms with van der Waals surface area (Å²) >= 11 is 0. The first kappa shape index (κ1) is 9.66. The molecule has 0 atom stereocenters. The molecule has 0 bridgehead atoms. The minimum Gasteiger partial charge on any atom is -0.301 e. The summed E-state index contributed by atoms with van der Waals surface area (Å²) in [6.07, 6.45) is 1.43. The van der Waals surface area contributed by atoms with Gasteiger partial charge in [-0.2, -0.15) is 0 Å². The van der Waals surface area contributed by atoms with Gasteiger partial charge in [0.15, 0.2) is 5.82 Å². The van der Waals surface area contributed by atoms with E-state index >= 15 is 0 Å². The van der Waals surface area contributed by atoms with Crippen LogP contribution in [0.2, 0.25) is 0 Å². The van der Waals surface area contributed by atoms with E-state index in [1.165, 1.54) is 10.6 Å². The van der Waals surface area contributed by atoms with Crippen LogP contribution in [-0.4, -0.2) is 23.2 Å². The predicted molar refractivity (Wildman–Crippen MR) is 48.5 cm³/mol. The van der Waals surface area contributed by atoms with Gasteiger partial charge in [0.2, 0.25) is 9.84 Å². The number of rotatable bonds is 3. The van der Waals surface area contributed by atoms with Crippen LogP contribution in [-0.2, 0) is 16.9 Å². The maximum Gasteiger partial charge on any atom is 0.253 e. The molecule has 0 radical (unpaired) electrons. The van der Waals surface area contributed by atoms with E-state index in [2.05, 4.69) is 23.4 Å². The Hall–Kier alpha value is -1.43. The summed E-state index contributed by atoms with van der Waals surface area (Å²) in [5, 5.41) is 7.84. The van der Waals surface area contributed by atoms with E-state index < -0.39 is 9.84 Å². The zero-order valence-corrected chi connectivity index (χ0v) is 7.95. The van der Waals surface area contributed by atoms with Gasteiger partial charge in [0.25, 0.3) is 5.16 Å². The molecule has 0 fully saturated rings. The average molecular weight is 199 g/mol. The largest absolute Gasteiger partial charge is 0.301 e. The second-order valence-electron chi connectivity index (χ2n) is 2.32. The molecule has 5 nitrogen and oxygen atoms in total. The van der Waals surface area contributed by atoms with Crippen LogP contribution < -0.4 is 0 Å². The van der Waals surface area contributed by atoms with Crippen LogP contribution >= 0.6 is 0 Å². The maximum absolute atomic E-state index is 11.3. The molecule has 0 aliphatic heterocycles. The Morgan fingerprint density at radius 1 is 1.38 bits per heavy atom. The molecule has 70 valence electrons. The molecule has 0 unspecified atom stereocenters. The third-order valence-electron chi connectivity index (χ3n) is 1.53. The van der Waals surface area contributed by atoms with Gasteiger partial charge in [-0.3, -0.25) is 0 Å². The van der Waals surface area contributed by atoms with Gasteiger partial charge in [-0.05, 0) is 6.08 Å². The fraction of sp³-hybridized carbons (Fsp3) is 0.143. The summed E-state index contributed by atoms with van der Waals surface area (Å²) in [5.41, 5.74) is 0. The Balaban J connectivity index is 3.41. The molecule has 1 heterocycles. The van der Waals surface area contributed by atoms with Crippen molar-refractivity contribution in [1.82, 2.24) is 14.8 Å². The molecule has 0 aliphatic carbocycles. The summed E-state index contributed by atoms with van der Waals surface area (Å²) in [7, 11) is -1.96. The van der Waals surface area contributed by atoms with Gasteiger partial charge in [0.1, 0.15) is 0 Å². The highest BCUT2D eigenvalue weighted by atomic mass is 32.2. The van der Waals surface area contributed by atoms with Crippen LogP contribution in [0.25, 0.3) is 6.08 Å². The van der Waals surface area contributed by atoms with Gasteiger partial charge in [0.05, 0.1) is 0 Å². The van der Waals surface area contributed by atoms with Gasteiger partial charge < -0.3 is 4.57 Å². The summed E-state index contributed by atoms with van der Waals surface area (Å²) in [5.74, 6) is 0.403. The molecule has 1 aromatic heterocycles. The molecule has 0 saturated carbocycles. The maximum atomic E-state index is 11.3. The quantitative estimate of drug-likeness (QED) is 0.705. The Labute approximate surface area is 76.3 Å². The van der Waals surface area contributed by atoms with Gasteiger partial charge in [-0.25, -0.2) is 8.42 Å². The van der Waals surface area contributed by atoms with Gasteiger partial charge in [-0.1, -0.05) is 13.2 Å². The third kappa shape index (κ3) is 1.52. The van der Waals surface area contributed by atoms with Crippen molar-refractivity contribution in [2.45, 2.75) is 5.16 Å². The standard InChI is InChI=1S/C7H9N3O2S/c1-4-6-8-9-7(10(6)3)13(11,12)5-2/h4-5H,1-2H2,3H3. The second kappa shape index (κ2) is 3.14. The van der Waals surface area contributed by atoms with E-state index in [0.29, 0.717) is 5.82 Å². The molecule has 0 spiro atoms. The highest BCUT2D eigenvalue weighted by Gasteiger charge is 2.17. The van der Waals surface area contributed by atoms with E-state index in [-0.39, 0.29) is 5.16 Å². The molecule has 0 N–H and O–H groups in total. The van der Waals surface area contributed by atoms with Crippen LogP contribution in [0.3, 0.4) is 0 Å². The fourth-order valence-electron chi connectivity index (χ4n) is 0.826. The van der Waals surface area contributed by atoms with Crippen LogP contribution in [0, 0.1) is 0 Å². The summed E-state index contributed by atoms with van der Waals surface area (Å²) < 4.78 is 23.9.